The van der Waals surface area contributed by atoms with Gasteiger partial charge in [0, 0.05) is 23.1 Å². The molecule has 1 unspecified atom stereocenters. The minimum Gasteiger partial charge on any atom is -0.388 e. The van der Waals surface area contributed by atoms with Crippen LogP contribution in [0.5, 0.6) is 0 Å². The van der Waals surface area contributed by atoms with Crippen LogP contribution in [0.1, 0.15) is 25.3 Å². The quantitative estimate of drug-likeness (QED) is 0.912. The zero-order valence-corrected chi connectivity index (χ0v) is 12.3. The molecule has 1 aromatic rings. The standard InChI is InChI=1S/C14H17Cl2NO2/c1-14(19)5-2-6-17(9-14)13(18)7-10-3-4-11(15)8-12(10)16/h3-4,8,19H,2,5-7,9H2,1H3. The molecule has 1 saturated heterocycles. The van der Waals surface area contributed by atoms with Crippen molar-refractivity contribution in [1.29, 1.82) is 0 Å². The minimum atomic E-state index is -0.780. The van der Waals surface area contributed by atoms with Gasteiger partial charge in [-0.15, -0.1) is 0 Å². The zero-order chi connectivity index (χ0) is 14.0. The molecule has 0 aliphatic carbocycles. The molecule has 0 spiro atoms. The summed E-state index contributed by atoms with van der Waals surface area (Å²) in [5, 5.41) is 11.1. The molecular formula is C14H17Cl2NO2. The van der Waals surface area contributed by atoms with E-state index in [2.05, 4.69) is 0 Å². The van der Waals surface area contributed by atoms with Gasteiger partial charge in [-0.25, -0.2) is 0 Å². The molecule has 0 aromatic heterocycles. The molecule has 1 atom stereocenters. The number of aliphatic hydroxyl groups is 1. The molecule has 1 fully saturated rings. The minimum absolute atomic E-state index is 0.0100. The van der Waals surface area contributed by atoms with Gasteiger partial charge in [0.1, 0.15) is 0 Å². The topological polar surface area (TPSA) is 40.5 Å². The Bertz CT molecular complexity index is 488. The van der Waals surface area contributed by atoms with Crippen LogP contribution in [-0.4, -0.2) is 34.6 Å². The van der Waals surface area contributed by atoms with Gasteiger partial charge < -0.3 is 10.0 Å². The summed E-state index contributed by atoms with van der Waals surface area (Å²) < 4.78 is 0. The van der Waals surface area contributed by atoms with Crippen molar-refractivity contribution < 1.29 is 9.90 Å². The number of β-amino-alcohol motifs (C(OH)–C–C–N with tert-alkyl or cyclic N) is 1. The van der Waals surface area contributed by atoms with Crippen LogP contribution in [0.15, 0.2) is 18.2 Å². The molecule has 19 heavy (non-hydrogen) atoms. The molecule has 1 aliphatic heterocycles. The fourth-order valence-electron chi connectivity index (χ4n) is 2.37. The first-order valence-corrected chi connectivity index (χ1v) is 7.07. The van der Waals surface area contributed by atoms with Gasteiger partial charge >= 0.3 is 0 Å². The van der Waals surface area contributed by atoms with Crippen LogP contribution in [-0.2, 0) is 11.2 Å². The first kappa shape index (κ1) is 14.6. The van der Waals surface area contributed by atoms with Gasteiger partial charge in [0.25, 0.3) is 0 Å². The number of likely N-dealkylation sites (tertiary alicyclic amines) is 1. The van der Waals surface area contributed by atoms with E-state index in [4.69, 9.17) is 23.2 Å². The van der Waals surface area contributed by atoms with E-state index < -0.39 is 5.60 Å². The highest BCUT2D eigenvalue weighted by molar-refractivity contribution is 6.35. The van der Waals surface area contributed by atoms with E-state index >= 15 is 0 Å². The molecule has 2 rings (SSSR count). The molecule has 1 aliphatic rings. The van der Waals surface area contributed by atoms with E-state index in [1.54, 1.807) is 30.0 Å². The summed E-state index contributed by atoms with van der Waals surface area (Å²) in [5.41, 5.74) is -0.0150. The van der Waals surface area contributed by atoms with Crippen molar-refractivity contribution in [1.82, 2.24) is 4.90 Å². The SMILES string of the molecule is CC1(O)CCCN(C(=O)Cc2ccc(Cl)cc2Cl)C1. The average Bonchev–Trinajstić information content (AvgIpc) is 2.31. The third-order valence-electron chi connectivity index (χ3n) is 3.38. The summed E-state index contributed by atoms with van der Waals surface area (Å²) in [6, 6.07) is 5.13. The fraction of sp³-hybridized carbons (Fsp3) is 0.500. The van der Waals surface area contributed by atoms with Crippen molar-refractivity contribution in [2.45, 2.75) is 31.8 Å². The van der Waals surface area contributed by atoms with Gasteiger partial charge in [0.2, 0.25) is 5.91 Å². The van der Waals surface area contributed by atoms with E-state index in [0.29, 0.717) is 23.1 Å². The second kappa shape index (κ2) is 5.70. The first-order valence-electron chi connectivity index (χ1n) is 6.31. The number of amides is 1. The third kappa shape index (κ3) is 3.85. The maximum absolute atomic E-state index is 12.2. The Kier molecular flexibility index (Phi) is 4.39. The number of hydrogen-bond acceptors (Lipinski definition) is 2. The van der Waals surface area contributed by atoms with Gasteiger partial charge in [-0.05, 0) is 37.5 Å². The van der Waals surface area contributed by atoms with Crippen LogP contribution in [0.3, 0.4) is 0 Å². The summed E-state index contributed by atoms with van der Waals surface area (Å²) in [4.78, 5) is 13.9. The number of hydrogen-bond donors (Lipinski definition) is 1. The molecule has 0 bridgehead atoms. The second-order valence-electron chi connectivity index (χ2n) is 5.33. The first-order chi connectivity index (χ1) is 8.87. The molecule has 1 aromatic carbocycles. The molecule has 1 N–H and O–H groups in total. The summed E-state index contributed by atoms with van der Waals surface area (Å²) in [5.74, 6) is -0.0100. The Morgan fingerprint density at radius 2 is 2.21 bits per heavy atom. The second-order valence-corrected chi connectivity index (χ2v) is 6.17. The average molecular weight is 302 g/mol. The Hall–Kier alpha value is -0.770. The van der Waals surface area contributed by atoms with Crippen molar-refractivity contribution in [3.63, 3.8) is 0 Å². The molecule has 0 radical (unpaired) electrons. The number of carbonyl (C=O) groups is 1. The molecule has 0 saturated carbocycles. The van der Waals surface area contributed by atoms with Crippen molar-refractivity contribution in [3.8, 4) is 0 Å². The van der Waals surface area contributed by atoms with Gasteiger partial charge in [-0.2, -0.15) is 0 Å². The molecule has 5 heteroatoms. The van der Waals surface area contributed by atoms with E-state index in [1.807, 2.05) is 0 Å². The fourth-order valence-corrected chi connectivity index (χ4v) is 2.85. The van der Waals surface area contributed by atoms with Crippen molar-refractivity contribution in [2.75, 3.05) is 13.1 Å². The Balaban J connectivity index is 2.04. The maximum atomic E-state index is 12.2. The van der Waals surface area contributed by atoms with Gasteiger partial charge in [-0.3, -0.25) is 4.79 Å². The van der Waals surface area contributed by atoms with E-state index in [9.17, 15) is 9.90 Å². The largest absolute Gasteiger partial charge is 0.388 e. The van der Waals surface area contributed by atoms with Crippen LogP contribution in [0.25, 0.3) is 0 Å². The Labute approximate surface area is 123 Å². The third-order valence-corrected chi connectivity index (χ3v) is 3.97. The van der Waals surface area contributed by atoms with E-state index in [1.165, 1.54) is 0 Å². The van der Waals surface area contributed by atoms with Crippen molar-refractivity contribution in [3.05, 3.63) is 33.8 Å². The van der Waals surface area contributed by atoms with Crippen LogP contribution in [0.4, 0.5) is 0 Å². The lowest BCUT2D eigenvalue weighted by atomic mass is 9.95. The van der Waals surface area contributed by atoms with Gasteiger partial charge in [-0.1, -0.05) is 29.3 Å². The predicted octanol–water partition coefficient (Wildman–Crippen LogP) is 2.91. The number of rotatable bonds is 2. The van der Waals surface area contributed by atoms with E-state index in [-0.39, 0.29) is 12.3 Å². The maximum Gasteiger partial charge on any atom is 0.227 e. The van der Waals surface area contributed by atoms with Gasteiger partial charge in [0.15, 0.2) is 0 Å². The van der Waals surface area contributed by atoms with E-state index in [0.717, 1.165) is 18.4 Å². The number of nitrogens with zero attached hydrogens (tertiary/aromatic N) is 1. The summed E-state index contributed by atoms with van der Waals surface area (Å²) in [6.07, 6.45) is 1.80. The Morgan fingerprint density at radius 3 is 2.84 bits per heavy atom. The van der Waals surface area contributed by atoms with Crippen LogP contribution in [0, 0.1) is 0 Å². The lowest BCUT2D eigenvalue weighted by Crippen LogP contribution is -2.49. The normalized spacial score (nSPS) is 23.5. The highest BCUT2D eigenvalue weighted by atomic mass is 35.5. The lowest BCUT2D eigenvalue weighted by molar-refractivity contribution is -0.136. The van der Waals surface area contributed by atoms with Crippen molar-refractivity contribution in [2.24, 2.45) is 0 Å². The lowest BCUT2D eigenvalue weighted by Gasteiger charge is -2.37. The van der Waals surface area contributed by atoms with Crippen LogP contribution >= 0.6 is 23.2 Å². The highest BCUT2D eigenvalue weighted by Crippen LogP contribution is 2.24. The van der Waals surface area contributed by atoms with Crippen LogP contribution in [0.2, 0.25) is 10.0 Å². The van der Waals surface area contributed by atoms with Crippen LogP contribution < -0.4 is 0 Å². The van der Waals surface area contributed by atoms with Crippen molar-refractivity contribution >= 4 is 29.1 Å². The number of halogens is 2. The highest BCUT2D eigenvalue weighted by Gasteiger charge is 2.30. The Morgan fingerprint density at radius 1 is 1.47 bits per heavy atom. The summed E-state index contributed by atoms with van der Waals surface area (Å²) in [6.45, 7) is 2.85. The molecule has 1 heterocycles. The predicted molar refractivity (Wildman–Crippen MR) is 76.6 cm³/mol. The molecule has 104 valence electrons. The summed E-state index contributed by atoms with van der Waals surface area (Å²) in [7, 11) is 0. The molecular weight excluding hydrogens is 285 g/mol. The smallest absolute Gasteiger partial charge is 0.227 e. The van der Waals surface area contributed by atoms with Gasteiger partial charge in [0.05, 0.1) is 12.0 Å². The molecule has 3 nitrogen and oxygen atoms in total. The molecule has 1 amide bonds. The zero-order valence-electron chi connectivity index (χ0n) is 10.8. The number of piperidine rings is 1. The monoisotopic (exact) mass is 301 g/mol. The number of benzene rings is 1. The summed E-state index contributed by atoms with van der Waals surface area (Å²) >= 11 is 11.9. The number of carbonyl (C=O) groups excluding carboxylic acids is 1.